The molecule has 0 bridgehead atoms. The summed E-state index contributed by atoms with van der Waals surface area (Å²) in [6.45, 7) is 6.35. The van der Waals surface area contributed by atoms with E-state index in [0.717, 1.165) is 31.2 Å². The third-order valence-corrected chi connectivity index (χ3v) is 6.46. The molecule has 2 aromatic rings. The highest BCUT2D eigenvalue weighted by molar-refractivity contribution is 5.95. The molecular formula is C29H40N2O6. The standard InChI is InChI=1S/C29H40N2O6/c1-22(2)31(28(32)24-14-15-26(35-4)27(19-24)36-18-10-17-34-3)25-13-8-9-16-30(20-25)29(33)37-21-23-11-6-5-7-12-23/h5-7,11-12,14-15,19,22,25H,8-10,13,16-18,20-21H2,1-4H3. The van der Waals surface area contributed by atoms with Gasteiger partial charge >= 0.3 is 6.09 Å². The molecule has 1 unspecified atom stereocenters. The van der Waals surface area contributed by atoms with Crippen molar-refractivity contribution in [3.63, 3.8) is 0 Å². The molecule has 2 aromatic carbocycles. The Morgan fingerprint density at radius 1 is 1.03 bits per heavy atom. The first-order chi connectivity index (χ1) is 17.9. The van der Waals surface area contributed by atoms with E-state index >= 15 is 0 Å². The Labute approximate surface area is 220 Å². The van der Waals surface area contributed by atoms with E-state index in [2.05, 4.69) is 0 Å². The number of ether oxygens (including phenoxy) is 4. The monoisotopic (exact) mass is 512 g/mol. The molecule has 202 valence electrons. The first-order valence-electron chi connectivity index (χ1n) is 13.0. The molecule has 0 aliphatic carbocycles. The summed E-state index contributed by atoms with van der Waals surface area (Å²) in [5.74, 6) is 1.01. The number of benzene rings is 2. The number of hydrogen-bond donors (Lipinski definition) is 0. The smallest absolute Gasteiger partial charge is 0.410 e. The van der Waals surface area contributed by atoms with Gasteiger partial charge in [0.2, 0.25) is 0 Å². The fourth-order valence-corrected chi connectivity index (χ4v) is 4.60. The van der Waals surface area contributed by atoms with Crippen LogP contribution in [0.15, 0.2) is 48.5 Å². The zero-order valence-corrected chi connectivity index (χ0v) is 22.5. The molecule has 1 aliphatic rings. The first kappa shape index (κ1) is 28.3. The molecule has 1 heterocycles. The molecule has 1 aliphatic heterocycles. The lowest BCUT2D eigenvalue weighted by Gasteiger charge is -2.36. The highest BCUT2D eigenvalue weighted by Gasteiger charge is 2.32. The zero-order valence-electron chi connectivity index (χ0n) is 22.5. The first-order valence-corrected chi connectivity index (χ1v) is 13.0. The summed E-state index contributed by atoms with van der Waals surface area (Å²) in [7, 11) is 3.23. The Balaban J connectivity index is 1.73. The lowest BCUT2D eigenvalue weighted by molar-refractivity contribution is 0.0513. The van der Waals surface area contributed by atoms with Crippen LogP contribution in [0.3, 0.4) is 0 Å². The van der Waals surface area contributed by atoms with Crippen LogP contribution in [0, 0.1) is 0 Å². The Morgan fingerprint density at radius 3 is 2.51 bits per heavy atom. The van der Waals surface area contributed by atoms with Crippen LogP contribution in [0.2, 0.25) is 0 Å². The van der Waals surface area contributed by atoms with Crippen molar-refractivity contribution in [2.75, 3.05) is 40.5 Å². The number of amides is 2. The minimum atomic E-state index is -0.344. The van der Waals surface area contributed by atoms with E-state index in [4.69, 9.17) is 18.9 Å². The van der Waals surface area contributed by atoms with Crippen LogP contribution in [0.4, 0.5) is 4.79 Å². The Morgan fingerprint density at radius 2 is 1.81 bits per heavy atom. The number of carbonyl (C=O) groups excluding carboxylic acids is 2. The van der Waals surface area contributed by atoms with Gasteiger partial charge in [0.25, 0.3) is 5.91 Å². The molecule has 1 atom stereocenters. The van der Waals surface area contributed by atoms with Gasteiger partial charge in [-0.25, -0.2) is 4.79 Å². The summed E-state index contributed by atoms with van der Waals surface area (Å²) in [6.07, 6.45) is 3.01. The number of nitrogens with zero attached hydrogens (tertiary/aromatic N) is 2. The third kappa shape index (κ3) is 8.12. The molecule has 8 nitrogen and oxygen atoms in total. The zero-order chi connectivity index (χ0) is 26.6. The summed E-state index contributed by atoms with van der Waals surface area (Å²) >= 11 is 0. The van der Waals surface area contributed by atoms with Gasteiger partial charge in [0, 0.05) is 44.8 Å². The molecule has 0 spiro atoms. The quantitative estimate of drug-likeness (QED) is 0.388. The predicted molar refractivity (Wildman–Crippen MR) is 142 cm³/mol. The van der Waals surface area contributed by atoms with Crippen molar-refractivity contribution in [2.24, 2.45) is 0 Å². The summed E-state index contributed by atoms with van der Waals surface area (Å²) in [5.41, 5.74) is 1.47. The van der Waals surface area contributed by atoms with Crippen LogP contribution in [0.5, 0.6) is 11.5 Å². The molecule has 0 saturated carbocycles. The topological polar surface area (TPSA) is 77.5 Å². The van der Waals surface area contributed by atoms with Crippen LogP contribution in [-0.2, 0) is 16.1 Å². The van der Waals surface area contributed by atoms with Gasteiger partial charge in [-0.2, -0.15) is 0 Å². The highest BCUT2D eigenvalue weighted by Crippen LogP contribution is 2.30. The molecule has 1 fully saturated rings. The molecular weight excluding hydrogens is 472 g/mol. The number of carbonyl (C=O) groups is 2. The molecule has 3 rings (SSSR count). The largest absolute Gasteiger partial charge is 0.493 e. The molecule has 37 heavy (non-hydrogen) atoms. The van der Waals surface area contributed by atoms with Gasteiger partial charge < -0.3 is 28.7 Å². The van der Waals surface area contributed by atoms with Gasteiger partial charge in [0.05, 0.1) is 19.8 Å². The molecule has 8 heteroatoms. The number of hydrogen-bond acceptors (Lipinski definition) is 6. The van der Waals surface area contributed by atoms with E-state index in [1.54, 1.807) is 37.3 Å². The average Bonchev–Trinajstić information content (AvgIpc) is 3.16. The van der Waals surface area contributed by atoms with Gasteiger partial charge in [0.15, 0.2) is 11.5 Å². The van der Waals surface area contributed by atoms with Crippen molar-refractivity contribution in [2.45, 2.75) is 58.2 Å². The average molecular weight is 513 g/mol. The summed E-state index contributed by atoms with van der Waals surface area (Å²) < 4.78 is 22.0. The molecule has 2 amide bonds. The van der Waals surface area contributed by atoms with Gasteiger partial charge in [-0.3, -0.25) is 4.79 Å². The van der Waals surface area contributed by atoms with Gasteiger partial charge in [-0.15, -0.1) is 0 Å². The van der Waals surface area contributed by atoms with Crippen molar-refractivity contribution < 1.29 is 28.5 Å². The SMILES string of the molecule is COCCCOc1cc(C(=O)N(C(C)C)C2CCCCN(C(=O)OCc3ccccc3)C2)ccc1OC. The van der Waals surface area contributed by atoms with Crippen LogP contribution < -0.4 is 9.47 Å². The van der Waals surface area contributed by atoms with Crippen molar-refractivity contribution in [1.82, 2.24) is 9.80 Å². The second-order valence-electron chi connectivity index (χ2n) is 9.50. The van der Waals surface area contributed by atoms with Crippen LogP contribution in [-0.4, -0.2) is 74.4 Å². The van der Waals surface area contributed by atoms with Crippen molar-refractivity contribution in [3.8, 4) is 11.5 Å². The minimum Gasteiger partial charge on any atom is -0.493 e. The Hall–Kier alpha value is -3.26. The normalized spacial score (nSPS) is 15.7. The summed E-state index contributed by atoms with van der Waals surface area (Å²) in [5, 5.41) is 0. The summed E-state index contributed by atoms with van der Waals surface area (Å²) in [6, 6.07) is 14.7. The van der Waals surface area contributed by atoms with E-state index in [0.29, 0.717) is 43.4 Å². The van der Waals surface area contributed by atoms with Gasteiger partial charge in [-0.1, -0.05) is 30.3 Å². The van der Waals surface area contributed by atoms with Gasteiger partial charge in [-0.05, 0) is 56.9 Å². The Kier molecular flexibility index (Phi) is 11.1. The summed E-state index contributed by atoms with van der Waals surface area (Å²) in [4.78, 5) is 30.3. The van der Waals surface area contributed by atoms with Crippen LogP contribution in [0.25, 0.3) is 0 Å². The van der Waals surface area contributed by atoms with Crippen molar-refractivity contribution in [3.05, 3.63) is 59.7 Å². The van der Waals surface area contributed by atoms with Gasteiger partial charge in [0.1, 0.15) is 6.61 Å². The molecule has 1 saturated heterocycles. The van der Waals surface area contributed by atoms with Crippen molar-refractivity contribution >= 4 is 12.0 Å². The van der Waals surface area contributed by atoms with E-state index < -0.39 is 0 Å². The fourth-order valence-electron chi connectivity index (χ4n) is 4.60. The predicted octanol–water partition coefficient (Wildman–Crippen LogP) is 5.15. The highest BCUT2D eigenvalue weighted by atomic mass is 16.6. The van der Waals surface area contributed by atoms with E-state index in [1.165, 1.54) is 0 Å². The second kappa shape index (κ2) is 14.5. The van der Waals surface area contributed by atoms with Crippen LogP contribution in [0.1, 0.15) is 55.5 Å². The Bertz CT molecular complexity index is 997. The molecule has 0 aromatic heterocycles. The fraction of sp³-hybridized carbons (Fsp3) is 0.517. The third-order valence-electron chi connectivity index (χ3n) is 6.46. The van der Waals surface area contributed by atoms with Crippen molar-refractivity contribution in [1.29, 1.82) is 0 Å². The second-order valence-corrected chi connectivity index (χ2v) is 9.50. The lowest BCUT2D eigenvalue weighted by atomic mass is 10.0. The number of rotatable bonds is 11. The van der Waals surface area contributed by atoms with E-state index in [9.17, 15) is 9.59 Å². The number of methoxy groups -OCH3 is 2. The number of likely N-dealkylation sites (tertiary alicyclic amines) is 1. The lowest BCUT2D eigenvalue weighted by Crippen LogP contribution is -2.50. The molecule has 0 radical (unpaired) electrons. The maximum Gasteiger partial charge on any atom is 0.410 e. The van der Waals surface area contributed by atoms with E-state index in [1.807, 2.05) is 49.1 Å². The van der Waals surface area contributed by atoms with E-state index in [-0.39, 0.29) is 30.7 Å². The van der Waals surface area contributed by atoms with Crippen LogP contribution >= 0.6 is 0 Å². The maximum atomic E-state index is 13.8. The minimum absolute atomic E-state index is 0.0500. The maximum absolute atomic E-state index is 13.8. The molecule has 0 N–H and O–H groups in total.